The number of benzene rings is 1. The Morgan fingerprint density at radius 1 is 1.35 bits per heavy atom. The monoisotopic (exact) mass is 235 g/mol. The van der Waals surface area contributed by atoms with Crippen LogP contribution in [0.3, 0.4) is 0 Å². The van der Waals surface area contributed by atoms with Crippen molar-refractivity contribution in [3.8, 4) is 0 Å². The van der Waals surface area contributed by atoms with Gasteiger partial charge in [-0.2, -0.15) is 0 Å². The van der Waals surface area contributed by atoms with Gasteiger partial charge < -0.3 is 20.0 Å². The summed E-state index contributed by atoms with van der Waals surface area (Å²) in [5, 5.41) is 29.0. The van der Waals surface area contributed by atoms with Crippen LogP contribution in [0, 0.1) is 0 Å². The zero-order valence-electron chi connectivity index (χ0n) is 9.90. The van der Waals surface area contributed by atoms with Crippen LogP contribution >= 0.6 is 0 Å². The summed E-state index contributed by atoms with van der Waals surface area (Å²) in [6.07, 6.45) is -0.0556. The summed E-state index contributed by atoms with van der Waals surface area (Å²) in [5.41, 5.74) is 1.06. The second-order valence-electron chi connectivity index (χ2n) is 4.56. The minimum Gasteiger partial charge on any atom is -0.437 e. The van der Waals surface area contributed by atoms with Crippen LogP contribution in [0.15, 0.2) is 30.3 Å². The predicted molar refractivity (Wildman–Crippen MR) is 66.4 cm³/mol. The van der Waals surface area contributed by atoms with Crippen LogP contribution in [0.2, 0.25) is 6.82 Å². The summed E-state index contributed by atoms with van der Waals surface area (Å²) >= 11 is 0. The molecule has 0 spiro atoms. The molecule has 0 saturated carbocycles. The molecule has 0 amide bonds. The highest BCUT2D eigenvalue weighted by molar-refractivity contribution is 6.45. The third kappa shape index (κ3) is 2.37. The Morgan fingerprint density at radius 3 is 2.53 bits per heavy atom. The number of hydrogen-bond acceptors (Lipinski definition) is 4. The number of nitrogens with zero attached hydrogens (tertiary/aromatic N) is 1. The van der Waals surface area contributed by atoms with Crippen LogP contribution in [-0.2, 0) is 0 Å². The number of hydrogen-bond donors (Lipinski definition) is 3. The molecule has 17 heavy (non-hydrogen) atoms. The molecule has 4 nitrogen and oxygen atoms in total. The average Bonchev–Trinajstić information content (AvgIpc) is 2.67. The van der Waals surface area contributed by atoms with Crippen molar-refractivity contribution in [3.05, 3.63) is 35.9 Å². The second kappa shape index (κ2) is 5.18. The zero-order chi connectivity index (χ0) is 12.4. The quantitative estimate of drug-likeness (QED) is 0.658. The van der Waals surface area contributed by atoms with E-state index in [-0.39, 0.29) is 18.7 Å². The topological polar surface area (TPSA) is 63.9 Å². The lowest BCUT2D eigenvalue weighted by Gasteiger charge is -2.30. The minimum atomic E-state index is -0.686. The molecular formula is C12H18BNO3. The highest BCUT2D eigenvalue weighted by atomic mass is 16.3. The van der Waals surface area contributed by atoms with E-state index in [4.69, 9.17) is 0 Å². The summed E-state index contributed by atoms with van der Waals surface area (Å²) in [6, 6.07) is 9.34. The fourth-order valence-electron chi connectivity index (χ4n) is 2.67. The molecule has 2 rings (SSSR count). The van der Waals surface area contributed by atoms with Crippen molar-refractivity contribution in [1.82, 2.24) is 4.81 Å². The first-order valence-corrected chi connectivity index (χ1v) is 5.94. The normalized spacial score (nSPS) is 29.5. The van der Waals surface area contributed by atoms with Crippen molar-refractivity contribution in [2.24, 2.45) is 0 Å². The van der Waals surface area contributed by atoms with Crippen LogP contribution in [0.25, 0.3) is 0 Å². The molecule has 1 aliphatic heterocycles. The Labute approximate surface area is 102 Å². The summed E-state index contributed by atoms with van der Waals surface area (Å²) in [7, 11) is -0.686. The summed E-state index contributed by atoms with van der Waals surface area (Å²) in [6.45, 7) is 1.52. The maximum Gasteiger partial charge on any atom is 0.377 e. The lowest BCUT2D eigenvalue weighted by atomic mass is 9.81. The van der Waals surface area contributed by atoms with Gasteiger partial charge in [-0.15, -0.1) is 0 Å². The van der Waals surface area contributed by atoms with Crippen LogP contribution in [-0.4, -0.2) is 45.9 Å². The number of rotatable bonds is 3. The molecule has 0 radical (unpaired) electrons. The molecule has 0 bridgehead atoms. The van der Waals surface area contributed by atoms with Gasteiger partial charge in [0.25, 0.3) is 0 Å². The van der Waals surface area contributed by atoms with E-state index in [1.807, 2.05) is 30.3 Å². The summed E-state index contributed by atoms with van der Waals surface area (Å²) in [4.78, 5) is 1.78. The lowest BCUT2D eigenvalue weighted by Crippen LogP contribution is -2.46. The van der Waals surface area contributed by atoms with Crippen LogP contribution in [0.1, 0.15) is 18.0 Å². The minimum absolute atomic E-state index is 0.0386. The molecule has 1 aromatic carbocycles. The zero-order valence-corrected chi connectivity index (χ0v) is 9.90. The van der Waals surface area contributed by atoms with E-state index in [1.165, 1.54) is 0 Å². The van der Waals surface area contributed by atoms with Crippen LogP contribution in [0.4, 0.5) is 0 Å². The molecule has 1 aromatic rings. The Bertz CT molecular complexity index is 360. The van der Waals surface area contributed by atoms with Crippen LogP contribution in [0.5, 0.6) is 0 Å². The van der Waals surface area contributed by atoms with E-state index in [2.05, 4.69) is 0 Å². The molecule has 0 aromatic heterocycles. The van der Waals surface area contributed by atoms with Gasteiger partial charge in [0.05, 0.1) is 18.8 Å². The van der Waals surface area contributed by atoms with Crippen molar-refractivity contribution < 1.29 is 15.2 Å². The molecule has 3 atom stereocenters. The van der Waals surface area contributed by atoms with Crippen molar-refractivity contribution in [1.29, 1.82) is 0 Å². The van der Waals surface area contributed by atoms with E-state index >= 15 is 0 Å². The van der Waals surface area contributed by atoms with Gasteiger partial charge in [-0.05, 0) is 18.8 Å². The Hall–Kier alpha value is -0.875. The van der Waals surface area contributed by atoms with Gasteiger partial charge in [0.1, 0.15) is 0 Å². The molecule has 1 aliphatic rings. The van der Waals surface area contributed by atoms with Gasteiger partial charge in [-0.1, -0.05) is 30.3 Å². The summed E-state index contributed by atoms with van der Waals surface area (Å²) in [5.74, 6) is 0. The van der Waals surface area contributed by atoms with E-state index in [1.54, 1.807) is 11.6 Å². The predicted octanol–water partition coefficient (Wildman–Crippen LogP) is 0.265. The molecule has 3 N–H and O–H groups in total. The fourth-order valence-corrected chi connectivity index (χ4v) is 2.67. The number of aliphatic hydroxyl groups is 2. The van der Waals surface area contributed by atoms with Gasteiger partial charge >= 0.3 is 7.05 Å². The summed E-state index contributed by atoms with van der Waals surface area (Å²) < 4.78 is 0. The molecule has 1 saturated heterocycles. The third-order valence-corrected chi connectivity index (χ3v) is 3.45. The highest BCUT2D eigenvalue weighted by Gasteiger charge is 2.43. The molecule has 92 valence electrons. The molecule has 1 heterocycles. The third-order valence-electron chi connectivity index (χ3n) is 3.45. The molecule has 1 fully saturated rings. The van der Waals surface area contributed by atoms with Crippen molar-refractivity contribution in [2.75, 3.05) is 6.61 Å². The smallest absolute Gasteiger partial charge is 0.377 e. The first-order chi connectivity index (χ1) is 8.15. The standard InChI is InChI=1S/C12H18BNO3/c1-13(17)14-10(7-12(16)11(14)8-15)9-5-3-2-4-6-9/h2-6,10-12,15-17H,7-8H2,1H3. The largest absolute Gasteiger partial charge is 0.437 e. The highest BCUT2D eigenvalue weighted by Crippen LogP contribution is 2.36. The maximum atomic E-state index is 9.93. The van der Waals surface area contributed by atoms with E-state index < -0.39 is 13.2 Å². The molecule has 0 aliphatic carbocycles. The lowest BCUT2D eigenvalue weighted by molar-refractivity contribution is 0.0914. The van der Waals surface area contributed by atoms with E-state index in [9.17, 15) is 15.2 Å². The van der Waals surface area contributed by atoms with Gasteiger partial charge in [-0.25, -0.2) is 0 Å². The first-order valence-electron chi connectivity index (χ1n) is 5.94. The molecular weight excluding hydrogens is 217 g/mol. The van der Waals surface area contributed by atoms with E-state index in [0.29, 0.717) is 6.42 Å². The van der Waals surface area contributed by atoms with Crippen molar-refractivity contribution >= 4 is 7.05 Å². The number of aliphatic hydroxyl groups excluding tert-OH is 2. The van der Waals surface area contributed by atoms with Gasteiger partial charge in [0.15, 0.2) is 0 Å². The first kappa shape index (κ1) is 12.6. The van der Waals surface area contributed by atoms with Gasteiger partial charge in [-0.3, -0.25) is 0 Å². The fraction of sp³-hybridized carbons (Fsp3) is 0.500. The molecule has 5 heteroatoms. The van der Waals surface area contributed by atoms with E-state index in [0.717, 1.165) is 5.56 Å². The van der Waals surface area contributed by atoms with Crippen molar-refractivity contribution in [2.45, 2.75) is 31.4 Å². The Kier molecular flexibility index (Phi) is 3.84. The Balaban J connectivity index is 2.28. The van der Waals surface area contributed by atoms with Crippen LogP contribution < -0.4 is 0 Å². The Morgan fingerprint density at radius 2 is 2.00 bits per heavy atom. The maximum absolute atomic E-state index is 9.93. The average molecular weight is 235 g/mol. The SMILES string of the molecule is CB(O)N1C(c2ccccc2)CC(O)C1CO. The van der Waals surface area contributed by atoms with Gasteiger partial charge in [0, 0.05) is 6.04 Å². The van der Waals surface area contributed by atoms with Gasteiger partial charge in [0.2, 0.25) is 0 Å². The van der Waals surface area contributed by atoms with Crippen molar-refractivity contribution in [3.63, 3.8) is 0 Å². The molecule has 3 unspecified atom stereocenters. The second-order valence-corrected chi connectivity index (χ2v) is 4.56.